The molecule has 47 heavy (non-hydrogen) atoms. The van der Waals surface area contributed by atoms with Gasteiger partial charge < -0.3 is 21.4 Å². The highest BCUT2D eigenvalue weighted by Gasteiger charge is 2.38. The number of hydrogen-bond donors (Lipinski definition) is 4. The number of rotatable bonds is 5. The molecule has 0 bridgehead atoms. The lowest BCUT2D eigenvalue weighted by Gasteiger charge is -2.13. The van der Waals surface area contributed by atoms with E-state index in [1.807, 2.05) is 79.7 Å². The van der Waals surface area contributed by atoms with E-state index in [0.717, 1.165) is 27.8 Å². The van der Waals surface area contributed by atoms with E-state index in [9.17, 15) is 36.4 Å². The van der Waals surface area contributed by atoms with Crippen molar-refractivity contribution in [2.45, 2.75) is 19.3 Å². The van der Waals surface area contributed by atoms with Gasteiger partial charge in [-0.05, 0) is 59.5 Å². The molecule has 10 nitrogen and oxygen atoms in total. The first-order chi connectivity index (χ1) is 22.0. The molecule has 0 aliphatic carbocycles. The molecular formula is C31H23F6N5O5. The number of amides is 1. The smallest absolute Gasteiger partial charge is 0.475 e. The number of nitrogens with one attached hydrogen (secondary N) is 1. The molecule has 0 fully saturated rings. The lowest BCUT2D eigenvalue weighted by molar-refractivity contribution is -0.193. The number of aryl methyl sites for hydroxylation is 1. The molecule has 1 aromatic heterocycles. The minimum Gasteiger partial charge on any atom is -0.475 e. The highest BCUT2D eigenvalue weighted by Crippen LogP contribution is 2.27. The van der Waals surface area contributed by atoms with Crippen LogP contribution in [0.5, 0.6) is 0 Å². The number of hydrogen-bond acceptors (Lipinski definition) is 7. The number of carbonyl (C=O) groups excluding carboxylic acids is 1. The molecular weight excluding hydrogens is 636 g/mol. The van der Waals surface area contributed by atoms with Gasteiger partial charge in [-0.15, -0.1) is 0 Å². The molecule has 244 valence electrons. The van der Waals surface area contributed by atoms with Gasteiger partial charge in [-0.2, -0.15) is 36.7 Å². The third kappa shape index (κ3) is 11.0. The van der Waals surface area contributed by atoms with Gasteiger partial charge in [0.15, 0.2) is 0 Å². The Bertz CT molecular complexity index is 1780. The molecule has 3 aromatic carbocycles. The van der Waals surface area contributed by atoms with E-state index >= 15 is 0 Å². The standard InChI is InChI=1S/C27H21N5O.2C2HF3O2/c1-18-13-14-30-26(21-7-4-5-19(15-21)17-31-29)25(18)27(33)32-23-11-9-20(10-12-23)24-8-3-2-6-22(24)16-28;2*3-2(4,5)1(6)7/h2-15,17H,29H2,1H3,(H,32,33);2*(H,6,7). The van der Waals surface area contributed by atoms with E-state index < -0.39 is 24.3 Å². The van der Waals surface area contributed by atoms with Gasteiger partial charge in [-0.1, -0.05) is 48.5 Å². The van der Waals surface area contributed by atoms with Gasteiger partial charge in [0, 0.05) is 17.4 Å². The third-order valence-corrected chi connectivity index (χ3v) is 5.76. The van der Waals surface area contributed by atoms with Crippen molar-refractivity contribution in [1.82, 2.24) is 4.98 Å². The quantitative estimate of drug-likeness (QED) is 0.0822. The van der Waals surface area contributed by atoms with Crippen molar-refractivity contribution in [3.8, 4) is 28.5 Å². The number of pyridine rings is 1. The Hall–Kier alpha value is -6.24. The number of halogens is 6. The average molecular weight is 660 g/mol. The lowest BCUT2D eigenvalue weighted by Crippen LogP contribution is -2.21. The van der Waals surface area contributed by atoms with Crippen LogP contribution < -0.4 is 11.2 Å². The number of aromatic nitrogens is 1. The van der Waals surface area contributed by atoms with Crippen LogP contribution in [0.2, 0.25) is 0 Å². The molecule has 0 saturated carbocycles. The van der Waals surface area contributed by atoms with Crippen LogP contribution in [-0.2, 0) is 9.59 Å². The molecule has 0 aliphatic rings. The summed E-state index contributed by atoms with van der Waals surface area (Å²) in [4.78, 5) is 35.5. The van der Waals surface area contributed by atoms with E-state index in [-0.39, 0.29) is 5.91 Å². The Morgan fingerprint density at radius 2 is 1.45 bits per heavy atom. The SMILES string of the molecule is Cc1ccnc(-c2cccc(C=NN)c2)c1C(=O)Nc1ccc(-c2ccccc2C#N)cc1.O=C(O)C(F)(F)F.O=C(O)C(F)(F)F. The van der Waals surface area contributed by atoms with Crippen molar-refractivity contribution in [3.05, 3.63) is 107 Å². The zero-order valence-corrected chi connectivity index (χ0v) is 24.0. The zero-order valence-electron chi connectivity index (χ0n) is 24.0. The van der Waals surface area contributed by atoms with Gasteiger partial charge in [-0.25, -0.2) is 9.59 Å². The van der Waals surface area contributed by atoms with Crippen LogP contribution in [0, 0.1) is 18.3 Å². The van der Waals surface area contributed by atoms with Crippen LogP contribution in [-0.4, -0.2) is 51.6 Å². The summed E-state index contributed by atoms with van der Waals surface area (Å²) in [5.74, 6) is -0.490. The number of hydrazone groups is 1. The molecule has 1 amide bonds. The highest BCUT2D eigenvalue weighted by atomic mass is 19.4. The van der Waals surface area contributed by atoms with Gasteiger partial charge in [0.25, 0.3) is 5.91 Å². The fraction of sp³-hybridized carbons (Fsp3) is 0.0968. The average Bonchev–Trinajstić information content (AvgIpc) is 3.01. The molecule has 0 aliphatic heterocycles. The van der Waals surface area contributed by atoms with E-state index in [2.05, 4.69) is 21.5 Å². The summed E-state index contributed by atoms with van der Waals surface area (Å²) >= 11 is 0. The summed E-state index contributed by atoms with van der Waals surface area (Å²) in [5, 5.41) is 30.1. The fourth-order valence-electron chi connectivity index (χ4n) is 3.68. The Morgan fingerprint density at radius 1 is 0.872 bits per heavy atom. The number of carboxylic acids is 2. The van der Waals surface area contributed by atoms with E-state index in [1.165, 1.54) is 0 Å². The third-order valence-electron chi connectivity index (χ3n) is 5.76. The normalized spacial score (nSPS) is 10.9. The number of nitriles is 1. The van der Waals surface area contributed by atoms with Crippen LogP contribution in [0.15, 0.2) is 90.2 Å². The second-order valence-electron chi connectivity index (χ2n) is 9.05. The molecule has 0 unspecified atom stereocenters. The molecule has 0 spiro atoms. The van der Waals surface area contributed by atoms with Crippen LogP contribution in [0.3, 0.4) is 0 Å². The van der Waals surface area contributed by atoms with Crippen LogP contribution >= 0.6 is 0 Å². The maximum absolute atomic E-state index is 13.3. The highest BCUT2D eigenvalue weighted by molar-refractivity contribution is 6.09. The first-order valence-corrected chi connectivity index (χ1v) is 12.8. The number of nitrogens with two attached hydrogens (primary N) is 1. The Morgan fingerprint density at radius 3 is 1.98 bits per heavy atom. The summed E-state index contributed by atoms with van der Waals surface area (Å²) in [6.07, 6.45) is -6.93. The molecule has 5 N–H and O–H groups in total. The Labute approximate surface area is 262 Å². The first kappa shape index (κ1) is 36.9. The minimum atomic E-state index is -5.08. The fourth-order valence-corrected chi connectivity index (χ4v) is 3.68. The van der Waals surface area contributed by atoms with Gasteiger partial charge in [0.2, 0.25) is 0 Å². The van der Waals surface area contributed by atoms with Crippen LogP contribution in [0.25, 0.3) is 22.4 Å². The number of alkyl halides is 6. The van der Waals surface area contributed by atoms with Crippen molar-refractivity contribution in [2.24, 2.45) is 10.9 Å². The topological polar surface area (TPSA) is 179 Å². The molecule has 4 rings (SSSR count). The number of benzene rings is 3. The predicted molar refractivity (Wildman–Crippen MR) is 158 cm³/mol. The number of anilines is 1. The van der Waals surface area contributed by atoms with Crippen LogP contribution in [0.4, 0.5) is 32.0 Å². The lowest BCUT2D eigenvalue weighted by atomic mass is 9.99. The summed E-state index contributed by atoms with van der Waals surface area (Å²) in [7, 11) is 0. The number of carbonyl (C=O) groups is 3. The largest absolute Gasteiger partial charge is 0.490 e. The second-order valence-corrected chi connectivity index (χ2v) is 9.05. The van der Waals surface area contributed by atoms with Gasteiger partial charge >= 0.3 is 24.3 Å². The number of carboxylic acid groups (broad SMARTS) is 2. The van der Waals surface area contributed by atoms with Crippen molar-refractivity contribution >= 4 is 29.7 Å². The molecule has 1 heterocycles. The van der Waals surface area contributed by atoms with Crippen molar-refractivity contribution in [2.75, 3.05) is 5.32 Å². The Kier molecular flexibility index (Phi) is 12.7. The van der Waals surface area contributed by atoms with Crippen molar-refractivity contribution in [1.29, 1.82) is 5.26 Å². The van der Waals surface area contributed by atoms with Gasteiger partial charge in [0.1, 0.15) is 0 Å². The van der Waals surface area contributed by atoms with Crippen molar-refractivity contribution < 1.29 is 50.9 Å². The van der Waals surface area contributed by atoms with Crippen molar-refractivity contribution in [3.63, 3.8) is 0 Å². The minimum absolute atomic E-state index is 0.251. The van der Waals surface area contributed by atoms with E-state index in [4.69, 9.17) is 25.6 Å². The maximum atomic E-state index is 13.3. The number of nitrogens with zero attached hydrogens (tertiary/aromatic N) is 3. The molecule has 0 saturated heterocycles. The summed E-state index contributed by atoms with van der Waals surface area (Å²) in [5.41, 5.74) is 6.52. The molecule has 4 aromatic rings. The maximum Gasteiger partial charge on any atom is 0.490 e. The predicted octanol–water partition coefficient (Wildman–Crippen LogP) is 6.41. The molecule has 0 radical (unpaired) electrons. The van der Waals surface area contributed by atoms with Crippen LogP contribution in [0.1, 0.15) is 27.0 Å². The second kappa shape index (κ2) is 16.2. The van der Waals surface area contributed by atoms with Gasteiger partial charge in [0.05, 0.1) is 29.1 Å². The Balaban J connectivity index is 0.000000459. The summed E-state index contributed by atoms with van der Waals surface area (Å²) < 4.78 is 63.5. The summed E-state index contributed by atoms with van der Waals surface area (Å²) in [6.45, 7) is 1.88. The summed E-state index contributed by atoms with van der Waals surface area (Å²) in [6, 6.07) is 26.4. The zero-order chi connectivity index (χ0) is 35.4. The monoisotopic (exact) mass is 659 g/mol. The molecule has 0 atom stereocenters. The van der Waals surface area contributed by atoms with E-state index in [1.54, 1.807) is 18.5 Å². The number of aliphatic carboxylic acids is 2. The van der Waals surface area contributed by atoms with E-state index in [0.29, 0.717) is 22.5 Å². The first-order valence-electron chi connectivity index (χ1n) is 12.8. The molecule has 16 heteroatoms. The van der Waals surface area contributed by atoms with Gasteiger partial charge in [-0.3, -0.25) is 9.78 Å².